The summed E-state index contributed by atoms with van der Waals surface area (Å²) in [5.74, 6) is -0.407. The van der Waals surface area contributed by atoms with Crippen molar-refractivity contribution in [3.63, 3.8) is 0 Å². The number of nitrogens with one attached hydrogen (secondary N) is 1. The molecule has 3 rings (SSSR count). The molecule has 0 bridgehead atoms. The summed E-state index contributed by atoms with van der Waals surface area (Å²) >= 11 is 0. The highest BCUT2D eigenvalue weighted by molar-refractivity contribution is 5.81. The van der Waals surface area contributed by atoms with Crippen LogP contribution in [0, 0.1) is 11.7 Å². The normalized spacial score (nSPS) is 20.6. The fourth-order valence-corrected chi connectivity index (χ4v) is 3.64. The first kappa shape index (κ1) is 17.7. The van der Waals surface area contributed by atoms with E-state index in [1.54, 1.807) is 6.07 Å². The standard InChI is InChI=1S/C19H26FN3O2/c20-17-7-3-5-15(13-17)8-9-21-18(24)16-6-4-12-23(14-16)19(25)22-10-1-2-11-22/h3,5,7,13,16H,1-2,4,6,8-12,14H2,(H,21,24)/t16-/m0/s1. The molecule has 5 nitrogen and oxygen atoms in total. The second-order valence-corrected chi connectivity index (χ2v) is 6.93. The Balaban J connectivity index is 1.45. The van der Waals surface area contributed by atoms with Crippen molar-refractivity contribution >= 4 is 11.9 Å². The number of hydrogen-bond donors (Lipinski definition) is 1. The number of halogens is 1. The average Bonchev–Trinajstić information content (AvgIpc) is 3.16. The lowest BCUT2D eigenvalue weighted by Gasteiger charge is -2.34. The van der Waals surface area contributed by atoms with E-state index >= 15 is 0 Å². The van der Waals surface area contributed by atoms with Crippen LogP contribution in [0.3, 0.4) is 0 Å². The summed E-state index contributed by atoms with van der Waals surface area (Å²) in [6, 6.07) is 6.51. The molecule has 136 valence electrons. The number of hydrogen-bond acceptors (Lipinski definition) is 2. The van der Waals surface area contributed by atoms with Crippen LogP contribution in [0.4, 0.5) is 9.18 Å². The summed E-state index contributed by atoms with van der Waals surface area (Å²) in [7, 11) is 0. The Hall–Kier alpha value is -2.11. The number of likely N-dealkylation sites (tertiary alicyclic amines) is 2. The molecule has 3 amide bonds. The lowest BCUT2D eigenvalue weighted by atomic mass is 9.97. The quantitative estimate of drug-likeness (QED) is 0.909. The van der Waals surface area contributed by atoms with Crippen LogP contribution in [-0.4, -0.2) is 54.5 Å². The molecule has 0 aliphatic carbocycles. The summed E-state index contributed by atoms with van der Waals surface area (Å²) in [4.78, 5) is 28.6. The van der Waals surface area contributed by atoms with Crippen LogP contribution in [0.1, 0.15) is 31.2 Å². The van der Waals surface area contributed by atoms with E-state index in [1.807, 2.05) is 15.9 Å². The molecular weight excluding hydrogens is 321 g/mol. The van der Waals surface area contributed by atoms with Crippen molar-refractivity contribution in [1.82, 2.24) is 15.1 Å². The molecule has 1 N–H and O–H groups in total. The van der Waals surface area contributed by atoms with E-state index in [-0.39, 0.29) is 23.7 Å². The molecule has 2 fully saturated rings. The van der Waals surface area contributed by atoms with Gasteiger partial charge in [-0.3, -0.25) is 4.79 Å². The minimum atomic E-state index is -0.257. The van der Waals surface area contributed by atoms with Crippen molar-refractivity contribution in [2.75, 3.05) is 32.7 Å². The Kier molecular flexibility index (Phi) is 5.89. The van der Waals surface area contributed by atoms with Crippen LogP contribution < -0.4 is 5.32 Å². The smallest absolute Gasteiger partial charge is 0.320 e. The van der Waals surface area contributed by atoms with Gasteiger partial charge in [0.1, 0.15) is 5.82 Å². The topological polar surface area (TPSA) is 52.7 Å². The van der Waals surface area contributed by atoms with Gasteiger partial charge in [0.25, 0.3) is 0 Å². The van der Waals surface area contributed by atoms with Crippen molar-refractivity contribution in [2.24, 2.45) is 5.92 Å². The fraction of sp³-hybridized carbons (Fsp3) is 0.579. The number of urea groups is 1. The Bertz CT molecular complexity index is 616. The molecule has 2 heterocycles. The van der Waals surface area contributed by atoms with Gasteiger partial charge in [0.2, 0.25) is 5.91 Å². The van der Waals surface area contributed by atoms with Crippen LogP contribution >= 0.6 is 0 Å². The zero-order valence-electron chi connectivity index (χ0n) is 14.5. The molecule has 0 radical (unpaired) electrons. The number of carbonyl (C=O) groups is 2. The van der Waals surface area contributed by atoms with Crippen molar-refractivity contribution in [3.8, 4) is 0 Å². The zero-order chi connectivity index (χ0) is 17.6. The molecule has 6 heteroatoms. The molecule has 25 heavy (non-hydrogen) atoms. The maximum absolute atomic E-state index is 13.2. The van der Waals surface area contributed by atoms with E-state index in [4.69, 9.17) is 0 Å². The van der Waals surface area contributed by atoms with Gasteiger partial charge in [-0.25, -0.2) is 9.18 Å². The third-order valence-corrected chi connectivity index (χ3v) is 5.04. The van der Waals surface area contributed by atoms with Gasteiger partial charge in [0.15, 0.2) is 0 Å². The van der Waals surface area contributed by atoms with Crippen LogP contribution in [-0.2, 0) is 11.2 Å². The largest absolute Gasteiger partial charge is 0.355 e. The Morgan fingerprint density at radius 1 is 1.12 bits per heavy atom. The molecule has 2 aliphatic heterocycles. The van der Waals surface area contributed by atoms with Crippen molar-refractivity contribution in [2.45, 2.75) is 32.1 Å². The van der Waals surface area contributed by atoms with E-state index in [1.165, 1.54) is 12.1 Å². The molecule has 0 unspecified atom stereocenters. The Morgan fingerprint density at radius 2 is 1.88 bits per heavy atom. The summed E-state index contributed by atoms with van der Waals surface area (Å²) < 4.78 is 13.2. The van der Waals surface area contributed by atoms with Gasteiger partial charge in [-0.15, -0.1) is 0 Å². The van der Waals surface area contributed by atoms with Crippen LogP contribution in [0.5, 0.6) is 0 Å². The van der Waals surface area contributed by atoms with Crippen molar-refractivity contribution < 1.29 is 14.0 Å². The van der Waals surface area contributed by atoms with Crippen molar-refractivity contribution in [3.05, 3.63) is 35.6 Å². The molecule has 2 aliphatic rings. The highest BCUT2D eigenvalue weighted by Gasteiger charge is 2.31. The van der Waals surface area contributed by atoms with Crippen LogP contribution in [0.15, 0.2) is 24.3 Å². The maximum atomic E-state index is 13.2. The number of benzene rings is 1. The van der Waals surface area contributed by atoms with Gasteiger partial charge in [-0.1, -0.05) is 12.1 Å². The monoisotopic (exact) mass is 347 g/mol. The van der Waals surface area contributed by atoms with Gasteiger partial charge in [-0.05, 0) is 49.8 Å². The summed E-state index contributed by atoms with van der Waals surface area (Å²) in [5.41, 5.74) is 0.870. The lowest BCUT2D eigenvalue weighted by Crippen LogP contribution is -2.49. The number of carbonyl (C=O) groups excluding carboxylic acids is 2. The number of rotatable bonds is 4. The number of piperidine rings is 1. The van der Waals surface area contributed by atoms with E-state index in [0.717, 1.165) is 50.9 Å². The van der Waals surface area contributed by atoms with Crippen LogP contribution in [0.2, 0.25) is 0 Å². The maximum Gasteiger partial charge on any atom is 0.320 e. The Morgan fingerprint density at radius 3 is 2.64 bits per heavy atom. The van der Waals surface area contributed by atoms with Gasteiger partial charge in [-0.2, -0.15) is 0 Å². The first-order valence-corrected chi connectivity index (χ1v) is 9.19. The van der Waals surface area contributed by atoms with Crippen LogP contribution in [0.25, 0.3) is 0 Å². The minimum absolute atomic E-state index is 0.00433. The third kappa shape index (κ3) is 4.71. The minimum Gasteiger partial charge on any atom is -0.355 e. The Labute approximate surface area is 148 Å². The second-order valence-electron chi connectivity index (χ2n) is 6.93. The SMILES string of the molecule is O=C(NCCc1cccc(F)c1)[C@H]1CCCN(C(=O)N2CCCC2)C1. The molecule has 2 saturated heterocycles. The average molecular weight is 347 g/mol. The molecule has 0 saturated carbocycles. The second kappa shape index (κ2) is 8.32. The highest BCUT2D eigenvalue weighted by Crippen LogP contribution is 2.20. The van der Waals surface area contributed by atoms with Crippen molar-refractivity contribution in [1.29, 1.82) is 0 Å². The lowest BCUT2D eigenvalue weighted by molar-refractivity contribution is -0.126. The predicted molar refractivity (Wildman–Crippen MR) is 93.6 cm³/mol. The van der Waals surface area contributed by atoms with Gasteiger partial charge >= 0.3 is 6.03 Å². The fourth-order valence-electron chi connectivity index (χ4n) is 3.64. The number of nitrogens with zero attached hydrogens (tertiary/aromatic N) is 2. The van der Waals surface area contributed by atoms with E-state index < -0.39 is 0 Å². The van der Waals surface area contributed by atoms with Gasteiger partial charge in [0, 0.05) is 32.7 Å². The first-order chi connectivity index (χ1) is 12.1. The molecular formula is C19H26FN3O2. The van der Waals surface area contributed by atoms with E-state index in [9.17, 15) is 14.0 Å². The number of amides is 3. The zero-order valence-corrected chi connectivity index (χ0v) is 14.5. The predicted octanol–water partition coefficient (Wildman–Crippen LogP) is 2.41. The molecule has 0 aromatic heterocycles. The molecule has 1 atom stereocenters. The third-order valence-electron chi connectivity index (χ3n) is 5.04. The molecule has 1 aromatic carbocycles. The summed E-state index contributed by atoms with van der Waals surface area (Å²) in [5, 5.41) is 2.94. The summed E-state index contributed by atoms with van der Waals surface area (Å²) in [6.45, 7) is 3.39. The first-order valence-electron chi connectivity index (χ1n) is 9.19. The summed E-state index contributed by atoms with van der Waals surface area (Å²) in [6.07, 6.45) is 4.43. The van der Waals surface area contributed by atoms with E-state index in [2.05, 4.69) is 5.32 Å². The van der Waals surface area contributed by atoms with Gasteiger partial charge < -0.3 is 15.1 Å². The molecule has 0 spiro atoms. The highest BCUT2D eigenvalue weighted by atomic mass is 19.1. The molecule has 1 aromatic rings. The van der Waals surface area contributed by atoms with E-state index in [0.29, 0.717) is 19.5 Å². The van der Waals surface area contributed by atoms with Gasteiger partial charge in [0.05, 0.1) is 5.92 Å².